The summed E-state index contributed by atoms with van der Waals surface area (Å²) < 4.78 is 16.0. The Kier molecular flexibility index (Phi) is 5.32. The van der Waals surface area contributed by atoms with Crippen LogP contribution in [0.3, 0.4) is 0 Å². The summed E-state index contributed by atoms with van der Waals surface area (Å²) in [6.45, 7) is 3.80. The van der Waals surface area contributed by atoms with Gasteiger partial charge in [-0.15, -0.1) is 0 Å². The number of rotatable bonds is 4. The van der Waals surface area contributed by atoms with E-state index in [0.717, 1.165) is 0 Å². The third kappa shape index (κ3) is 3.60. The Bertz CT molecular complexity index is 718. The molecular weight excluding hydrogens is 338 g/mol. The van der Waals surface area contributed by atoms with Crippen LogP contribution in [0.15, 0.2) is 29.5 Å². The molecule has 0 aromatic heterocycles. The van der Waals surface area contributed by atoms with E-state index >= 15 is 0 Å². The molecule has 1 atom stereocenters. The van der Waals surface area contributed by atoms with Crippen LogP contribution in [0.2, 0.25) is 0 Å². The smallest absolute Gasteiger partial charge is 0.319 e. The van der Waals surface area contributed by atoms with E-state index in [9.17, 15) is 9.59 Å². The number of ether oxygens (including phenoxy) is 3. The number of hydrogen-bond donors (Lipinski definition) is 2. The molecule has 3 amide bonds. The van der Waals surface area contributed by atoms with E-state index in [2.05, 4.69) is 10.6 Å². The van der Waals surface area contributed by atoms with E-state index in [4.69, 9.17) is 14.2 Å². The molecule has 8 nitrogen and oxygen atoms in total. The van der Waals surface area contributed by atoms with Crippen LogP contribution in [-0.2, 0) is 9.53 Å². The standard InChI is InChI=1S/C18H23N3O5/c1-11-15(17(22)21-4-6-26-7-5-21)16(20-18(23)19-11)12-8-13(24-2)10-14(9-12)25-3/h8-10,16H,4-7H2,1-3H3,(H2,19,20,23). The van der Waals surface area contributed by atoms with Crippen LogP contribution in [0.1, 0.15) is 18.5 Å². The first kappa shape index (κ1) is 18.1. The lowest BCUT2D eigenvalue weighted by Crippen LogP contribution is -2.49. The largest absolute Gasteiger partial charge is 0.497 e. The Hall–Kier alpha value is -2.74. The summed E-state index contributed by atoms with van der Waals surface area (Å²) in [5.41, 5.74) is 1.76. The van der Waals surface area contributed by atoms with Crippen LogP contribution >= 0.6 is 0 Å². The zero-order chi connectivity index (χ0) is 18.7. The predicted octanol–water partition coefficient (Wildman–Crippen LogP) is 1.19. The molecule has 0 radical (unpaired) electrons. The Morgan fingerprint density at radius 2 is 1.77 bits per heavy atom. The SMILES string of the molecule is COc1cc(OC)cc(C2NC(=O)NC(C)=C2C(=O)N2CCOCC2)c1. The highest BCUT2D eigenvalue weighted by molar-refractivity contribution is 5.98. The van der Waals surface area contributed by atoms with Crippen LogP contribution in [0.25, 0.3) is 0 Å². The number of amides is 3. The van der Waals surface area contributed by atoms with Gasteiger partial charge in [0.1, 0.15) is 11.5 Å². The minimum Gasteiger partial charge on any atom is -0.497 e. The Morgan fingerprint density at radius 1 is 1.15 bits per heavy atom. The molecule has 2 N–H and O–H groups in total. The maximum Gasteiger partial charge on any atom is 0.319 e. The molecule has 3 rings (SSSR count). The van der Waals surface area contributed by atoms with E-state index in [1.54, 1.807) is 44.2 Å². The second kappa shape index (κ2) is 7.65. The van der Waals surface area contributed by atoms with E-state index in [1.165, 1.54) is 0 Å². The van der Waals surface area contributed by atoms with Gasteiger partial charge in [-0.05, 0) is 24.6 Å². The van der Waals surface area contributed by atoms with Crippen LogP contribution in [0.5, 0.6) is 11.5 Å². The first-order chi connectivity index (χ1) is 12.5. The quantitative estimate of drug-likeness (QED) is 0.841. The third-order valence-corrected chi connectivity index (χ3v) is 4.50. The fraction of sp³-hybridized carbons (Fsp3) is 0.444. The minimum absolute atomic E-state index is 0.120. The molecule has 0 bridgehead atoms. The third-order valence-electron chi connectivity index (χ3n) is 4.50. The van der Waals surface area contributed by atoms with Crippen molar-refractivity contribution in [3.8, 4) is 11.5 Å². The average molecular weight is 361 g/mol. The Balaban J connectivity index is 2.01. The maximum atomic E-state index is 13.1. The predicted molar refractivity (Wildman–Crippen MR) is 94.1 cm³/mol. The lowest BCUT2D eigenvalue weighted by molar-refractivity contribution is -0.131. The number of benzene rings is 1. The van der Waals surface area contributed by atoms with Crippen molar-refractivity contribution in [1.82, 2.24) is 15.5 Å². The number of allylic oxidation sites excluding steroid dienone is 1. The van der Waals surface area contributed by atoms with Crippen LogP contribution in [0, 0.1) is 0 Å². The zero-order valence-electron chi connectivity index (χ0n) is 15.1. The van der Waals surface area contributed by atoms with Crippen molar-refractivity contribution >= 4 is 11.9 Å². The van der Waals surface area contributed by atoms with Crippen molar-refractivity contribution < 1.29 is 23.8 Å². The summed E-state index contributed by atoms with van der Waals surface area (Å²) in [4.78, 5) is 26.9. The lowest BCUT2D eigenvalue weighted by atomic mass is 9.94. The molecule has 1 aromatic carbocycles. The molecule has 0 spiro atoms. The van der Waals surface area contributed by atoms with Crippen LogP contribution < -0.4 is 20.1 Å². The summed E-state index contributed by atoms with van der Waals surface area (Å²) in [6, 6.07) is 4.37. The van der Waals surface area contributed by atoms with Gasteiger partial charge in [0.25, 0.3) is 5.91 Å². The summed E-state index contributed by atoms with van der Waals surface area (Å²) in [5.74, 6) is 1.05. The summed E-state index contributed by atoms with van der Waals surface area (Å²) >= 11 is 0. The number of methoxy groups -OCH3 is 2. The molecule has 1 unspecified atom stereocenters. The average Bonchev–Trinajstić information content (AvgIpc) is 2.67. The Labute approximate surface area is 152 Å². The molecule has 26 heavy (non-hydrogen) atoms. The van der Waals surface area contributed by atoms with Gasteiger partial charge < -0.3 is 29.7 Å². The van der Waals surface area contributed by atoms with Gasteiger partial charge in [-0.3, -0.25) is 4.79 Å². The molecule has 0 saturated carbocycles. The molecule has 1 aromatic rings. The van der Waals surface area contributed by atoms with E-state index in [-0.39, 0.29) is 11.9 Å². The van der Waals surface area contributed by atoms with Gasteiger partial charge in [-0.1, -0.05) is 0 Å². The molecule has 2 heterocycles. The maximum absolute atomic E-state index is 13.1. The summed E-state index contributed by atoms with van der Waals surface area (Å²) in [6.07, 6.45) is 0. The number of nitrogens with one attached hydrogen (secondary N) is 2. The molecule has 8 heteroatoms. The van der Waals surface area contributed by atoms with Crippen molar-refractivity contribution in [3.63, 3.8) is 0 Å². The monoisotopic (exact) mass is 361 g/mol. The zero-order valence-corrected chi connectivity index (χ0v) is 15.1. The van der Waals surface area contributed by atoms with Gasteiger partial charge >= 0.3 is 6.03 Å². The van der Waals surface area contributed by atoms with Crippen molar-refractivity contribution in [2.45, 2.75) is 13.0 Å². The van der Waals surface area contributed by atoms with Gasteiger partial charge in [-0.2, -0.15) is 0 Å². The fourth-order valence-corrected chi connectivity index (χ4v) is 3.16. The summed E-state index contributed by atoms with van der Waals surface area (Å²) in [5, 5.41) is 5.53. The highest BCUT2D eigenvalue weighted by Crippen LogP contribution is 2.33. The molecule has 140 valence electrons. The van der Waals surface area contributed by atoms with Crippen LogP contribution in [0.4, 0.5) is 4.79 Å². The lowest BCUT2D eigenvalue weighted by Gasteiger charge is -2.34. The normalized spacial score (nSPS) is 20.3. The number of carbonyl (C=O) groups excluding carboxylic acids is 2. The van der Waals surface area contributed by atoms with Gasteiger partial charge in [0.2, 0.25) is 0 Å². The topological polar surface area (TPSA) is 89.1 Å². The second-order valence-corrected chi connectivity index (χ2v) is 6.12. The fourth-order valence-electron chi connectivity index (χ4n) is 3.16. The molecular formula is C18H23N3O5. The highest BCUT2D eigenvalue weighted by Gasteiger charge is 2.34. The molecule has 2 aliphatic rings. The van der Waals surface area contributed by atoms with Gasteiger partial charge in [0.05, 0.1) is 39.0 Å². The van der Waals surface area contributed by atoms with Gasteiger partial charge in [0.15, 0.2) is 0 Å². The first-order valence-corrected chi connectivity index (χ1v) is 8.41. The number of urea groups is 1. The highest BCUT2D eigenvalue weighted by atomic mass is 16.5. The minimum atomic E-state index is -0.594. The number of nitrogens with zero attached hydrogens (tertiary/aromatic N) is 1. The number of hydrogen-bond acceptors (Lipinski definition) is 5. The number of morpholine rings is 1. The second-order valence-electron chi connectivity index (χ2n) is 6.12. The van der Waals surface area contributed by atoms with Gasteiger partial charge in [-0.25, -0.2) is 4.79 Å². The van der Waals surface area contributed by atoms with Crippen molar-refractivity contribution in [1.29, 1.82) is 0 Å². The van der Waals surface area contributed by atoms with Crippen molar-refractivity contribution in [3.05, 3.63) is 35.0 Å². The van der Waals surface area contributed by atoms with E-state index in [0.29, 0.717) is 54.6 Å². The number of carbonyl (C=O) groups is 2. The molecule has 0 aliphatic carbocycles. The molecule has 1 saturated heterocycles. The van der Waals surface area contributed by atoms with E-state index < -0.39 is 6.04 Å². The van der Waals surface area contributed by atoms with Crippen molar-refractivity contribution in [2.75, 3.05) is 40.5 Å². The van der Waals surface area contributed by atoms with Gasteiger partial charge in [0, 0.05) is 24.9 Å². The molecule has 2 aliphatic heterocycles. The first-order valence-electron chi connectivity index (χ1n) is 8.41. The van der Waals surface area contributed by atoms with Crippen molar-refractivity contribution in [2.24, 2.45) is 0 Å². The Morgan fingerprint density at radius 3 is 2.35 bits per heavy atom. The van der Waals surface area contributed by atoms with Crippen LogP contribution in [-0.4, -0.2) is 57.4 Å². The molecule has 1 fully saturated rings. The van der Waals surface area contributed by atoms with E-state index in [1.807, 2.05) is 0 Å². The summed E-state index contributed by atoms with van der Waals surface area (Å²) in [7, 11) is 3.11.